The highest BCUT2D eigenvalue weighted by Gasteiger charge is 2.28. The smallest absolute Gasteiger partial charge is 0.350 e. The number of esters is 1. The first-order valence-corrected chi connectivity index (χ1v) is 7.80. The van der Waals surface area contributed by atoms with Gasteiger partial charge < -0.3 is 4.74 Å². The second kappa shape index (κ2) is 5.66. The monoisotopic (exact) mass is 353 g/mol. The van der Waals surface area contributed by atoms with Gasteiger partial charge in [0.05, 0.1) is 12.8 Å². The first-order valence-electron chi connectivity index (χ1n) is 6.19. The molecule has 1 aromatic heterocycles. The van der Waals surface area contributed by atoms with Crippen LogP contribution >= 0.6 is 27.3 Å². The number of thiazole rings is 1. The van der Waals surface area contributed by atoms with Gasteiger partial charge in [0.25, 0.3) is 0 Å². The van der Waals surface area contributed by atoms with E-state index >= 15 is 0 Å². The summed E-state index contributed by atoms with van der Waals surface area (Å²) >= 11 is 4.89. The minimum absolute atomic E-state index is 0.209. The Morgan fingerprint density at radius 2 is 1.95 bits per heavy atom. The zero-order valence-corrected chi connectivity index (χ0v) is 14.3. The fraction of sp³-hybridized carbons (Fsp3) is 0.333. The Morgan fingerprint density at radius 3 is 2.50 bits per heavy atom. The van der Waals surface area contributed by atoms with Crippen molar-refractivity contribution in [1.29, 1.82) is 0 Å². The van der Waals surface area contributed by atoms with E-state index in [1.165, 1.54) is 18.4 Å². The summed E-state index contributed by atoms with van der Waals surface area (Å²) in [5.41, 5.74) is 1.55. The molecule has 1 heterocycles. The molecule has 3 nitrogen and oxygen atoms in total. The maximum Gasteiger partial charge on any atom is 0.350 e. The van der Waals surface area contributed by atoms with Gasteiger partial charge in [-0.1, -0.05) is 54.9 Å². The third-order valence-electron chi connectivity index (χ3n) is 2.81. The molecule has 106 valence electrons. The Bertz CT molecular complexity index is 644. The van der Waals surface area contributed by atoms with Gasteiger partial charge in [-0.3, -0.25) is 0 Å². The third kappa shape index (κ3) is 2.94. The molecule has 0 bridgehead atoms. The largest absolute Gasteiger partial charge is 0.465 e. The van der Waals surface area contributed by atoms with E-state index < -0.39 is 0 Å². The topological polar surface area (TPSA) is 39.2 Å². The molecule has 0 aliphatic heterocycles. The molecule has 0 amide bonds. The standard InChI is InChI=1S/C15H16BrNO2S/c1-15(2,3)12-11(14(18)19-4)20-13(17-12)9-7-5-6-8-10(9)16/h5-8H,1-4H3. The van der Waals surface area contributed by atoms with Gasteiger partial charge in [-0.15, -0.1) is 11.3 Å². The van der Waals surface area contributed by atoms with Crippen molar-refractivity contribution in [2.24, 2.45) is 0 Å². The predicted octanol–water partition coefficient (Wildman–Crippen LogP) is 4.66. The minimum atomic E-state index is -0.328. The number of aromatic nitrogens is 1. The molecular formula is C15H16BrNO2S. The number of halogens is 1. The van der Waals surface area contributed by atoms with E-state index in [-0.39, 0.29) is 11.4 Å². The number of rotatable bonds is 2. The van der Waals surface area contributed by atoms with Crippen LogP contribution in [0.2, 0.25) is 0 Å². The van der Waals surface area contributed by atoms with Gasteiger partial charge in [0.15, 0.2) is 0 Å². The maximum absolute atomic E-state index is 11.9. The van der Waals surface area contributed by atoms with E-state index in [0.717, 1.165) is 20.7 Å². The van der Waals surface area contributed by atoms with Crippen molar-refractivity contribution in [3.63, 3.8) is 0 Å². The number of benzene rings is 1. The summed E-state index contributed by atoms with van der Waals surface area (Å²) in [5, 5.41) is 0.822. The number of ether oxygens (including phenoxy) is 1. The van der Waals surface area contributed by atoms with Crippen molar-refractivity contribution in [3.05, 3.63) is 39.3 Å². The van der Waals surface area contributed by atoms with Crippen LogP contribution in [0.3, 0.4) is 0 Å². The summed E-state index contributed by atoms with van der Waals surface area (Å²) in [6.45, 7) is 6.12. The van der Waals surface area contributed by atoms with Gasteiger partial charge in [0, 0.05) is 15.5 Å². The molecule has 0 unspecified atom stereocenters. The Kier molecular flexibility index (Phi) is 4.30. The predicted molar refractivity (Wildman–Crippen MR) is 85.3 cm³/mol. The van der Waals surface area contributed by atoms with Crippen molar-refractivity contribution in [2.75, 3.05) is 7.11 Å². The molecule has 0 fully saturated rings. The van der Waals surface area contributed by atoms with E-state index in [2.05, 4.69) is 20.9 Å². The minimum Gasteiger partial charge on any atom is -0.465 e. The summed E-state index contributed by atoms with van der Waals surface area (Å²) in [6.07, 6.45) is 0. The quantitative estimate of drug-likeness (QED) is 0.737. The Hall–Kier alpha value is -1.20. The van der Waals surface area contributed by atoms with Gasteiger partial charge in [-0.05, 0) is 6.07 Å². The van der Waals surface area contributed by atoms with Gasteiger partial charge in [-0.25, -0.2) is 9.78 Å². The highest BCUT2D eigenvalue weighted by Crippen LogP contribution is 2.37. The van der Waals surface area contributed by atoms with Gasteiger partial charge in [-0.2, -0.15) is 0 Å². The Balaban J connectivity index is 2.61. The molecular weight excluding hydrogens is 338 g/mol. The zero-order chi connectivity index (χ0) is 14.9. The van der Waals surface area contributed by atoms with Crippen LogP contribution in [0.1, 0.15) is 36.1 Å². The van der Waals surface area contributed by atoms with E-state index in [4.69, 9.17) is 4.74 Å². The highest BCUT2D eigenvalue weighted by atomic mass is 79.9. The van der Waals surface area contributed by atoms with E-state index in [1.54, 1.807) is 0 Å². The lowest BCUT2D eigenvalue weighted by Crippen LogP contribution is -2.16. The van der Waals surface area contributed by atoms with Gasteiger partial charge in [0.2, 0.25) is 0 Å². The lowest BCUT2D eigenvalue weighted by Gasteiger charge is -2.16. The molecule has 0 radical (unpaired) electrons. The molecule has 0 aliphatic carbocycles. The fourth-order valence-corrected chi connectivity index (χ4v) is 3.65. The fourth-order valence-electron chi connectivity index (χ4n) is 1.81. The van der Waals surface area contributed by atoms with Crippen molar-refractivity contribution in [1.82, 2.24) is 4.98 Å². The summed E-state index contributed by atoms with van der Waals surface area (Å²) in [6, 6.07) is 7.85. The third-order valence-corrected chi connectivity index (χ3v) is 4.57. The number of nitrogens with zero attached hydrogens (tertiary/aromatic N) is 1. The lowest BCUT2D eigenvalue weighted by atomic mass is 9.91. The SMILES string of the molecule is COC(=O)c1sc(-c2ccccc2Br)nc1C(C)(C)C. The number of carbonyl (C=O) groups excluding carboxylic acids is 1. The van der Waals surface area contributed by atoms with E-state index in [9.17, 15) is 4.79 Å². The van der Waals surface area contributed by atoms with Crippen LogP contribution in [-0.4, -0.2) is 18.1 Å². The first-order chi connectivity index (χ1) is 9.34. The summed E-state index contributed by atoms with van der Waals surface area (Å²) < 4.78 is 5.83. The van der Waals surface area contributed by atoms with Gasteiger partial charge in [0.1, 0.15) is 9.88 Å². The van der Waals surface area contributed by atoms with Crippen LogP contribution in [-0.2, 0) is 10.2 Å². The average Bonchev–Trinajstić information content (AvgIpc) is 2.83. The van der Waals surface area contributed by atoms with Crippen molar-refractivity contribution < 1.29 is 9.53 Å². The molecule has 20 heavy (non-hydrogen) atoms. The number of carbonyl (C=O) groups is 1. The number of methoxy groups -OCH3 is 1. The molecule has 2 rings (SSSR count). The maximum atomic E-state index is 11.9. The highest BCUT2D eigenvalue weighted by molar-refractivity contribution is 9.10. The summed E-state index contributed by atoms with van der Waals surface area (Å²) in [5.74, 6) is -0.328. The van der Waals surface area contributed by atoms with E-state index in [1.807, 2.05) is 45.0 Å². The average molecular weight is 354 g/mol. The van der Waals surface area contributed by atoms with Crippen LogP contribution in [0.4, 0.5) is 0 Å². The normalized spacial score (nSPS) is 11.4. The molecule has 0 atom stereocenters. The number of hydrogen-bond acceptors (Lipinski definition) is 4. The Labute approximate surface area is 131 Å². The van der Waals surface area contributed by atoms with Crippen molar-refractivity contribution in [2.45, 2.75) is 26.2 Å². The summed E-state index contributed by atoms with van der Waals surface area (Å²) in [7, 11) is 1.40. The van der Waals surface area contributed by atoms with Crippen molar-refractivity contribution in [3.8, 4) is 10.6 Å². The molecule has 0 spiro atoms. The van der Waals surface area contributed by atoms with Crippen LogP contribution in [0.15, 0.2) is 28.7 Å². The number of hydrogen-bond donors (Lipinski definition) is 0. The Morgan fingerprint density at radius 1 is 1.30 bits per heavy atom. The lowest BCUT2D eigenvalue weighted by molar-refractivity contribution is 0.0603. The van der Waals surface area contributed by atoms with Crippen LogP contribution in [0.5, 0.6) is 0 Å². The van der Waals surface area contributed by atoms with E-state index in [0.29, 0.717) is 4.88 Å². The molecule has 5 heteroatoms. The van der Waals surface area contributed by atoms with Crippen LogP contribution in [0.25, 0.3) is 10.6 Å². The molecule has 2 aromatic rings. The second-order valence-corrected chi connectivity index (χ2v) is 7.27. The molecule has 0 saturated heterocycles. The summed E-state index contributed by atoms with van der Waals surface area (Å²) in [4.78, 5) is 17.2. The first kappa shape index (κ1) is 15.2. The van der Waals surface area contributed by atoms with Crippen molar-refractivity contribution >= 4 is 33.2 Å². The molecule has 0 N–H and O–H groups in total. The van der Waals surface area contributed by atoms with Crippen LogP contribution in [0, 0.1) is 0 Å². The zero-order valence-electron chi connectivity index (χ0n) is 11.9. The molecule has 0 saturated carbocycles. The molecule has 0 aliphatic rings. The van der Waals surface area contributed by atoms with Crippen LogP contribution < -0.4 is 0 Å². The molecule has 1 aromatic carbocycles. The second-order valence-electron chi connectivity index (χ2n) is 5.42. The van der Waals surface area contributed by atoms with Gasteiger partial charge >= 0.3 is 5.97 Å².